The fourth-order valence-corrected chi connectivity index (χ4v) is 5.17. The predicted octanol–water partition coefficient (Wildman–Crippen LogP) is 4.80. The van der Waals surface area contributed by atoms with Gasteiger partial charge >= 0.3 is 0 Å². The van der Waals surface area contributed by atoms with Gasteiger partial charge in [-0.1, -0.05) is 55.3 Å². The third-order valence-corrected chi connectivity index (χ3v) is 7.31. The first-order chi connectivity index (χ1) is 19.0. The molecular formula is C29H29N7O2S. The molecule has 0 spiro atoms. The highest BCUT2D eigenvalue weighted by atomic mass is 32.2. The average molecular weight is 540 g/mol. The Kier molecular flexibility index (Phi) is 7.43. The van der Waals surface area contributed by atoms with Crippen molar-refractivity contribution in [3.63, 3.8) is 0 Å². The molecule has 0 aliphatic carbocycles. The van der Waals surface area contributed by atoms with Gasteiger partial charge in [0.1, 0.15) is 28.3 Å². The standard InChI is InChI=1S/C29H25N7O2S.2H2/c1-3-22(27(30)39-25(4-2)20-8-6-5-7-9-20)34-23-17-32-26-11-10-24(36(26)29(23)38)28(37)33-15-19-14-21-16-31-12-13-35(21)18-19;;/h5-9,12-14,16-18,24,30,34H,1-2,10-11,15H2,(H,33,37);2*1H/t24-;;/m0../s1. The van der Waals surface area contributed by atoms with Crippen LogP contribution in [0.2, 0.25) is 0 Å². The number of hydrogen-bond donors (Lipinski definition) is 3. The zero-order valence-corrected chi connectivity index (χ0v) is 21.8. The minimum atomic E-state index is -0.682. The van der Waals surface area contributed by atoms with Crippen molar-refractivity contribution >= 4 is 38.8 Å². The SMILES string of the molecule is C=C=C(Nc1cnc2n(c1=O)[C@H](C(=O)NCc1cc3cnccn3c1)CC2)C(=N)SC(=C=C)c1ccccc1.[HH].[HH]. The Balaban J connectivity index is 0.00000231. The third kappa shape index (κ3) is 5.39. The monoisotopic (exact) mass is 539 g/mol. The lowest BCUT2D eigenvalue weighted by atomic mass is 10.2. The summed E-state index contributed by atoms with van der Waals surface area (Å²) >= 11 is 1.12. The van der Waals surface area contributed by atoms with Crippen molar-refractivity contribution in [2.24, 2.45) is 0 Å². The molecular weight excluding hydrogens is 510 g/mol. The largest absolute Gasteiger partial charge is 0.350 e. The van der Waals surface area contributed by atoms with E-state index in [-0.39, 0.29) is 25.2 Å². The van der Waals surface area contributed by atoms with Gasteiger partial charge in [0.25, 0.3) is 5.56 Å². The van der Waals surface area contributed by atoms with Gasteiger partial charge in [-0.3, -0.25) is 24.5 Å². The highest BCUT2D eigenvalue weighted by molar-refractivity contribution is 8.22. The van der Waals surface area contributed by atoms with Gasteiger partial charge in [-0.25, -0.2) is 4.98 Å². The first kappa shape index (κ1) is 25.8. The Labute approximate surface area is 231 Å². The van der Waals surface area contributed by atoms with Gasteiger partial charge in [0.05, 0.1) is 22.8 Å². The van der Waals surface area contributed by atoms with Gasteiger partial charge < -0.3 is 15.0 Å². The quantitative estimate of drug-likeness (QED) is 0.168. The molecule has 3 N–H and O–H groups in total. The van der Waals surface area contributed by atoms with E-state index in [4.69, 9.17) is 5.41 Å². The number of fused-ring (bicyclic) bond motifs is 2. The van der Waals surface area contributed by atoms with Crippen molar-refractivity contribution in [3.8, 4) is 0 Å². The van der Waals surface area contributed by atoms with Crippen LogP contribution in [0.4, 0.5) is 5.69 Å². The number of anilines is 1. The van der Waals surface area contributed by atoms with Crippen LogP contribution in [0.25, 0.3) is 10.4 Å². The zero-order chi connectivity index (χ0) is 27.4. The maximum absolute atomic E-state index is 13.4. The molecule has 198 valence electrons. The van der Waals surface area contributed by atoms with Gasteiger partial charge in [-0.05, 0) is 23.6 Å². The van der Waals surface area contributed by atoms with E-state index in [1.165, 1.54) is 10.8 Å². The van der Waals surface area contributed by atoms with Crippen molar-refractivity contribution in [1.29, 1.82) is 5.41 Å². The van der Waals surface area contributed by atoms with Crippen molar-refractivity contribution in [1.82, 2.24) is 24.3 Å². The fourth-order valence-electron chi connectivity index (χ4n) is 4.42. The molecule has 5 rings (SSSR count). The number of carbonyl (C=O) groups is 1. The summed E-state index contributed by atoms with van der Waals surface area (Å²) in [7, 11) is 0. The average Bonchev–Trinajstić information content (AvgIpc) is 3.59. The normalized spacial score (nSPS) is 13.7. The smallest absolute Gasteiger partial charge is 0.277 e. The zero-order valence-electron chi connectivity index (χ0n) is 21.0. The predicted molar refractivity (Wildman–Crippen MR) is 158 cm³/mol. The van der Waals surface area contributed by atoms with Crippen molar-refractivity contribution in [3.05, 3.63) is 125 Å². The first-order valence-corrected chi connectivity index (χ1v) is 13.0. The molecule has 0 unspecified atom stereocenters. The lowest BCUT2D eigenvalue weighted by molar-refractivity contribution is -0.124. The molecule has 3 aromatic heterocycles. The van der Waals surface area contributed by atoms with Crippen molar-refractivity contribution in [2.45, 2.75) is 25.4 Å². The number of nitrogens with one attached hydrogen (secondary N) is 3. The maximum atomic E-state index is 13.4. The Morgan fingerprint density at radius 2 is 2.05 bits per heavy atom. The summed E-state index contributed by atoms with van der Waals surface area (Å²) in [5.74, 6) is 0.288. The summed E-state index contributed by atoms with van der Waals surface area (Å²) in [6.07, 6.45) is 9.62. The molecule has 10 heteroatoms. The summed E-state index contributed by atoms with van der Waals surface area (Å²) < 4.78 is 3.36. The minimum Gasteiger partial charge on any atom is -0.350 e. The molecule has 0 fully saturated rings. The highest BCUT2D eigenvalue weighted by Gasteiger charge is 2.31. The van der Waals surface area contributed by atoms with E-state index in [1.54, 1.807) is 12.4 Å². The number of aryl methyl sites for hydroxylation is 1. The van der Waals surface area contributed by atoms with E-state index in [9.17, 15) is 9.59 Å². The number of thioether (sulfide) groups is 1. The summed E-state index contributed by atoms with van der Waals surface area (Å²) in [6.45, 7) is 7.73. The van der Waals surface area contributed by atoms with Gasteiger partial charge in [-0.2, -0.15) is 0 Å². The van der Waals surface area contributed by atoms with E-state index in [1.807, 2.05) is 53.2 Å². The van der Waals surface area contributed by atoms with Crippen molar-refractivity contribution < 1.29 is 7.65 Å². The number of hydrogen-bond acceptors (Lipinski definition) is 7. The molecule has 0 saturated carbocycles. The van der Waals surface area contributed by atoms with E-state index in [2.05, 4.69) is 45.2 Å². The molecule has 4 heterocycles. The van der Waals surface area contributed by atoms with Crippen LogP contribution >= 0.6 is 11.8 Å². The highest BCUT2D eigenvalue weighted by Crippen LogP contribution is 2.29. The van der Waals surface area contributed by atoms with Gasteiger partial charge in [0.15, 0.2) is 0 Å². The maximum Gasteiger partial charge on any atom is 0.277 e. The summed E-state index contributed by atoms with van der Waals surface area (Å²) in [5.41, 5.74) is 8.21. The molecule has 1 atom stereocenters. The van der Waals surface area contributed by atoms with E-state index in [0.717, 1.165) is 28.4 Å². The Hall–Kier alpha value is -4.88. The number of benzene rings is 1. The molecule has 39 heavy (non-hydrogen) atoms. The van der Waals surface area contributed by atoms with Crippen LogP contribution in [0.3, 0.4) is 0 Å². The molecule has 0 radical (unpaired) electrons. The summed E-state index contributed by atoms with van der Waals surface area (Å²) in [5, 5.41) is 14.5. The Morgan fingerprint density at radius 3 is 2.79 bits per heavy atom. The molecule has 1 aliphatic rings. The fraction of sp³-hybridized carbons (Fsp3) is 0.138. The number of amides is 1. The van der Waals surface area contributed by atoms with Gasteiger partial charge in [0, 0.05) is 34.4 Å². The third-order valence-electron chi connectivity index (χ3n) is 6.31. The molecule has 1 aliphatic heterocycles. The van der Waals surface area contributed by atoms with Crippen LogP contribution < -0.4 is 16.2 Å². The summed E-state index contributed by atoms with van der Waals surface area (Å²) in [6, 6.07) is 10.8. The topological polar surface area (TPSA) is 117 Å². The lowest BCUT2D eigenvalue weighted by Crippen LogP contribution is -2.36. The number of carbonyl (C=O) groups excluding carboxylic acids is 1. The molecule has 0 saturated heterocycles. The van der Waals surface area contributed by atoms with Crippen LogP contribution in [0.5, 0.6) is 0 Å². The molecule has 1 amide bonds. The van der Waals surface area contributed by atoms with E-state index < -0.39 is 11.6 Å². The number of rotatable bonds is 8. The van der Waals surface area contributed by atoms with Gasteiger partial charge in [-0.15, -0.1) is 11.5 Å². The molecule has 9 nitrogen and oxygen atoms in total. The van der Waals surface area contributed by atoms with E-state index >= 15 is 0 Å². The Morgan fingerprint density at radius 1 is 1.23 bits per heavy atom. The Bertz CT molecular complexity index is 1720. The molecule has 0 bridgehead atoms. The molecule has 1 aromatic carbocycles. The number of aromatic nitrogens is 4. The van der Waals surface area contributed by atoms with E-state index in [0.29, 0.717) is 30.1 Å². The van der Waals surface area contributed by atoms with Crippen LogP contribution in [0.15, 0.2) is 102 Å². The second kappa shape index (κ2) is 11.2. The second-order valence-electron chi connectivity index (χ2n) is 8.77. The minimum absolute atomic E-state index is 0. The summed E-state index contributed by atoms with van der Waals surface area (Å²) in [4.78, 5) is 35.7. The first-order valence-electron chi connectivity index (χ1n) is 12.2. The van der Waals surface area contributed by atoms with Crippen LogP contribution in [-0.2, 0) is 17.8 Å². The van der Waals surface area contributed by atoms with Gasteiger partial charge in [0.2, 0.25) is 5.91 Å². The van der Waals surface area contributed by atoms with Crippen LogP contribution in [-0.4, -0.2) is 29.9 Å². The van der Waals surface area contributed by atoms with Crippen LogP contribution in [0.1, 0.15) is 32.3 Å². The lowest BCUT2D eigenvalue weighted by Gasteiger charge is -2.16. The van der Waals surface area contributed by atoms with Crippen LogP contribution in [0, 0.1) is 5.41 Å². The second-order valence-corrected chi connectivity index (χ2v) is 9.79. The number of nitrogens with zero attached hydrogens (tertiary/aromatic N) is 4. The van der Waals surface area contributed by atoms with Crippen molar-refractivity contribution in [2.75, 3.05) is 5.32 Å². The molecule has 4 aromatic rings.